The van der Waals surface area contributed by atoms with Crippen molar-refractivity contribution in [3.8, 4) is 0 Å². The molecule has 3 heteroatoms. The van der Waals surface area contributed by atoms with E-state index in [1.54, 1.807) is 19.0 Å². The monoisotopic (exact) mass is 367 g/mol. The molecule has 3 nitrogen and oxygen atoms in total. The predicted molar refractivity (Wildman–Crippen MR) is 113 cm³/mol. The van der Waals surface area contributed by atoms with Gasteiger partial charge in [-0.05, 0) is 6.42 Å². The van der Waals surface area contributed by atoms with Crippen molar-refractivity contribution in [1.29, 1.82) is 0 Å². The van der Waals surface area contributed by atoms with Gasteiger partial charge in [0.05, 0.1) is 6.61 Å². The van der Waals surface area contributed by atoms with Crippen molar-refractivity contribution in [2.24, 2.45) is 0 Å². The highest BCUT2D eigenvalue weighted by molar-refractivity contribution is 5.86. The van der Waals surface area contributed by atoms with E-state index in [0.717, 1.165) is 12.8 Å². The lowest BCUT2D eigenvalue weighted by atomic mass is 10.0. The Morgan fingerprint density at radius 3 is 1.38 bits per heavy atom. The molecule has 0 bridgehead atoms. The fourth-order valence-electron chi connectivity index (χ4n) is 3.08. The van der Waals surface area contributed by atoms with E-state index in [2.05, 4.69) is 13.5 Å². The zero-order chi connectivity index (χ0) is 19.5. The average molecular weight is 368 g/mol. The van der Waals surface area contributed by atoms with Crippen LogP contribution in [0.15, 0.2) is 12.3 Å². The van der Waals surface area contributed by atoms with Crippen molar-refractivity contribution in [2.45, 2.75) is 110 Å². The second-order valence-corrected chi connectivity index (χ2v) is 7.78. The third-order valence-corrected chi connectivity index (χ3v) is 5.01. The summed E-state index contributed by atoms with van der Waals surface area (Å²) in [6.45, 7) is 6.50. The quantitative estimate of drug-likeness (QED) is 0.142. The summed E-state index contributed by atoms with van der Waals surface area (Å²) >= 11 is 0. The zero-order valence-corrected chi connectivity index (χ0v) is 18.0. The van der Waals surface area contributed by atoms with Gasteiger partial charge in [-0.3, -0.25) is 0 Å². The highest BCUT2D eigenvalue weighted by Gasteiger charge is 2.09. The molecule has 0 N–H and O–H groups in total. The summed E-state index contributed by atoms with van der Waals surface area (Å²) in [7, 11) is 3.61. The number of carbonyl (C=O) groups excluding carboxylic acids is 1. The number of nitrogens with zero attached hydrogens (tertiary/aromatic N) is 1. The minimum Gasteiger partial charge on any atom is -0.461 e. The summed E-state index contributed by atoms with van der Waals surface area (Å²) in [5.74, 6) is -0.295. The van der Waals surface area contributed by atoms with Crippen LogP contribution in [0.25, 0.3) is 0 Å². The SMILES string of the molecule is C=C(C(=O)OCCCCCCCCCCCCCCCCCC)N(C)C. The fraction of sp³-hybridized carbons (Fsp3) is 0.870. The lowest BCUT2D eigenvalue weighted by Gasteiger charge is -2.14. The van der Waals surface area contributed by atoms with E-state index in [9.17, 15) is 4.79 Å². The van der Waals surface area contributed by atoms with Gasteiger partial charge < -0.3 is 9.64 Å². The molecular formula is C23H45NO2. The minimum absolute atomic E-state index is 0.295. The number of likely N-dealkylation sites (N-methyl/N-ethyl adjacent to an activating group) is 1. The van der Waals surface area contributed by atoms with Gasteiger partial charge in [-0.15, -0.1) is 0 Å². The molecule has 0 amide bonds. The third kappa shape index (κ3) is 16.5. The minimum atomic E-state index is -0.295. The van der Waals surface area contributed by atoms with Crippen LogP contribution in [-0.2, 0) is 9.53 Å². The predicted octanol–water partition coefficient (Wildman–Crippen LogP) is 6.87. The molecule has 0 atom stereocenters. The molecule has 0 saturated carbocycles. The van der Waals surface area contributed by atoms with Crippen LogP contribution in [0, 0.1) is 0 Å². The summed E-state index contributed by atoms with van der Waals surface area (Å²) in [5.41, 5.74) is 0.418. The van der Waals surface area contributed by atoms with Gasteiger partial charge in [0.15, 0.2) is 0 Å². The van der Waals surface area contributed by atoms with Gasteiger partial charge in [-0.25, -0.2) is 4.79 Å². The van der Waals surface area contributed by atoms with E-state index < -0.39 is 0 Å². The Labute approximate surface area is 163 Å². The van der Waals surface area contributed by atoms with Crippen LogP contribution in [-0.4, -0.2) is 31.6 Å². The molecule has 0 rings (SSSR count). The van der Waals surface area contributed by atoms with Crippen LogP contribution >= 0.6 is 0 Å². The van der Waals surface area contributed by atoms with E-state index in [4.69, 9.17) is 4.74 Å². The Morgan fingerprint density at radius 2 is 1.04 bits per heavy atom. The molecule has 154 valence electrons. The van der Waals surface area contributed by atoms with Crippen LogP contribution in [0.3, 0.4) is 0 Å². The number of unbranched alkanes of at least 4 members (excludes halogenated alkanes) is 15. The molecule has 0 unspecified atom stereocenters. The number of rotatable bonds is 19. The first-order chi connectivity index (χ1) is 12.6. The molecule has 0 fully saturated rings. The van der Waals surface area contributed by atoms with Crippen molar-refractivity contribution < 1.29 is 9.53 Å². The van der Waals surface area contributed by atoms with E-state index in [-0.39, 0.29) is 5.97 Å². The van der Waals surface area contributed by atoms with Crippen LogP contribution in [0.5, 0.6) is 0 Å². The largest absolute Gasteiger partial charge is 0.461 e. The van der Waals surface area contributed by atoms with Gasteiger partial charge in [0, 0.05) is 14.1 Å². The van der Waals surface area contributed by atoms with Crippen molar-refractivity contribution in [2.75, 3.05) is 20.7 Å². The summed E-state index contributed by atoms with van der Waals surface area (Å²) in [6, 6.07) is 0. The maximum atomic E-state index is 11.6. The normalized spacial score (nSPS) is 10.7. The molecule has 0 aromatic heterocycles. The van der Waals surface area contributed by atoms with Gasteiger partial charge in [0.25, 0.3) is 0 Å². The fourth-order valence-corrected chi connectivity index (χ4v) is 3.08. The highest BCUT2D eigenvalue weighted by atomic mass is 16.5. The second-order valence-electron chi connectivity index (χ2n) is 7.78. The Kier molecular flexibility index (Phi) is 18.1. The first-order valence-corrected chi connectivity index (χ1v) is 11.1. The maximum Gasteiger partial charge on any atom is 0.353 e. The zero-order valence-electron chi connectivity index (χ0n) is 18.0. The Balaban J connectivity index is 3.16. The number of ether oxygens (including phenoxy) is 1. The van der Waals surface area contributed by atoms with Crippen LogP contribution in [0.4, 0.5) is 0 Å². The van der Waals surface area contributed by atoms with Crippen molar-refractivity contribution in [3.05, 3.63) is 12.3 Å². The molecule has 26 heavy (non-hydrogen) atoms. The standard InChI is InChI=1S/C23H45NO2/c1-5-6-7-8-9-10-11-12-13-14-15-16-17-18-19-20-21-26-23(25)22(2)24(3)4/h2,5-21H2,1,3-4H3. The molecule has 0 aliphatic heterocycles. The van der Waals surface area contributed by atoms with Crippen LogP contribution in [0.1, 0.15) is 110 Å². The van der Waals surface area contributed by atoms with E-state index >= 15 is 0 Å². The van der Waals surface area contributed by atoms with Gasteiger partial charge in [0.1, 0.15) is 5.70 Å². The van der Waals surface area contributed by atoms with Gasteiger partial charge in [0.2, 0.25) is 0 Å². The van der Waals surface area contributed by atoms with E-state index in [1.807, 2.05) is 0 Å². The number of hydrogen-bond donors (Lipinski definition) is 0. The first kappa shape index (κ1) is 25.0. The number of esters is 1. The molecule has 0 aliphatic carbocycles. The summed E-state index contributed by atoms with van der Waals surface area (Å²) in [4.78, 5) is 13.3. The molecule has 0 aromatic carbocycles. The smallest absolute Gasteiger partial charge is 0.353 e. The second kappa shape index (κ2) is 18.8. The van der Waals surface area contributed by atoms with Crippen LogP contribution in [0.2, 0.25) is 0 Å². The van der Waals surface area contributed by atoms with E-state index in [1.165, 1.54) is 89.9 Å². The molecule has 0 aromatic rings. The highest BCUT2D eigenvalue weighted by Crippen LogP contribution is 2.13. The number of carbonyl (C=O) groups is 1. The van der Waals surface area contributed by atoms with Gasteiger partial charge >= 0.3 is 5.97 Å². The van der Waals surface area contributed by atoms with E-state index in [0.29, 0.717) is 12.3 Å². The molecular weight excluding hydrogens is 322 g/mol. The summed E-state index contributed by atoms with van der Waals surface area (Å²) in [5, 5.41) is 0. The lowest BCUT2D eigenvalue weighted by molar-refractivity contribution is -0.140. The van der Waals surface area contributed by atoms with Crippen molar-refractivity contribution in [3.63, 3.8) is 0 Å². The maximum absolute atomic E-state index is 11.6. The molecule has 0 aliphatic rings. The van der Waals surface area contributed by atoms with Crippen LogP contribution < -0.4 is 0 Å². The molecule has 0 spiro atoms. The Hall–Kier alpha value is -0.990. The molecule has 0 heterocycles. The Bertz CT molecular complexity index is 339. The molecule has 0 radical (unpaired) electrons. The third-order valence-electron chi connectivity index (χ3n) is 5.01. The average Bonchev–Trinajstić information content (AvgIpc) is 2.63. The lowest BCUT2D eigenvalue weighted by Crippen LogP contribution is -2.20. The van der Waals surface area contributed by atoms with Crippen molar-refractivity contribution in [1.82, 2.24) is 4.90 Å². The van der Waals surface area contributed by atoms with Gasteiger partial charge in [-0.2, -0.15) is 0 Å². The summed E-state index contributed by atoms with van der Waals surface area (Å²) < 4.78 is 5.20. The van der Waals surface area contributed by atoms with Crippen molar-refractivity contribution >= 4 is 5.97 Å². The number of hydrogen-bond acceptors (Lipinski definition) is 3. The Morgan fingerprint density at radius 1 is 0.692 bits per heavy atom. The molecule has 0 saturated heterocycles. The topological polar surface area (TPSA) is 29.5 Å². The van der Waals surface area contributed by atoms with Gasteiger partial charge in [-0.1, -0.05) is 110 Å². The first-order valence-electron chi connectivity index (χ1n) is 11.1. The summed E-state index contributed by atoms with van der Waals surface area (Å²) in [6.07, 6.45) is 21.6.